The minimum atomic E-state index is 0.0156. The summed E-state index contributed by atoms with van der Waals surface area (Å²) < 4.78 is 7.42. The molecule has 0 bridgehead atoms. The van der Waals surface area contributed by atoms with E-state index in [0.717, 1.165) is 19.3 Å². The number of nitrogens with zero attached hydrogens (tertiary/aromatic N) is 3. The van der Waals surface area contributed by atoms with Gasteiger partial charge in [0.15, 0.2) is 0 Å². The van der Waals surface area contributed by atoms with Crippen molar-refractivity contribution < 1.29 is 4.74 Å². The summed E-state index contributed by atoms with van der Waals surface area (Å²) in [5, 5.41) is 13.2. The molecular weight excluding hydrogens is 204 g/mol. The molecule has 1 aromatic rings. The Bertz CT molecular complexity index is 432. The van der Waals surface area contributed by atoms with Crippen molar-refractivity contribution in [2.45, 2.75) is 38.3 Å². The van der Waals surface area contributed by atoms with E-state index in [-0.39, 0.29) is 12.1 Å². The number of hydrogen-bond donors (Lipinski definition) is 1. The van der Waals surface area contributed by atoms with Gasteiger partial charge in [-0.05, 0) is 26.2 Å². The summed E-state index contributed by atoms with van der Waals surface area (Å²) in [4.78, 5) is 0. The highest BCUT2D eigenvalue weighted by Crippen LogP contribution is 2.26. The van der Waals surface area contributed by atoms with Gasteiger partial charge in [-0.1, -0.05) is 0 Å². The van der Waals surface area contributed by atoms with Crippen LogP contribution in [0.25, 0.3) is 0 Å². The first kappa shape index (κ1) is 11.0. The molecule has 1 aliphatic rings. The molecule has 0 amide bonds. The second-order valence-corrected chi connectivity index (χ2v) is 4.25. The van der Waals surface area contributed by atoms with Crippen molar-refractivity contribution >= 4 is 0 Å². The lowest BCUT2D eigenvalue weighted by molar-refractivity contribution is 0.175. The monoisotopic (exact) mass is 220 g/mol. The first-order valence-electron chi connectivity index (χ1n) is 5.49. The summed E-state index contributed by atoms with van der Waals surface area (Å²) in [6.45, 7) is 1.81. The Morgan fingerprint density at radius 2 is 2.31 bits per heavy atom. The van der Waals surface area contributed by atoms with Crippen LogP contribution in [0.3, 0.4) is 0 Å². The third-order valence-electron chi connectivity index (χ3n) is 3.05. The molecule has 0 radical (unpaired) electrons. The van der Waals surface area contributed by atoms with E-state index in [0.29, 0.717) is 17.1 Å². The molecule has 16 heavy (non-hydrogen) atoms. The van der Waals surface area contributed by atoms with E-state index in [9.17, 15) is 0 Å². The molecule has 5 heteroatoms. The molecule has 0 aliphatic heterocycles. The third kappa shape index (κ3) is 1.76. The predicted octanol–water partition coefficient (Wildman–Crippen LogP) is 0.859. The van der Waals surface area contributed by atoms with Crippen LogP contribution in [0, 0.1) is 18.3 Å². The van der Waals surface area contributed by atoms with Crippen LogP contribution in [-0.2, 0) is 7.05 Å². The summed E-state index contributed by atoms with van der Waals surface area (Å²) in [5.41, 5.74) is 7.15. The van der Waals surface area contributed by atoms with Crippen LogP contribution in [0.1, 0.15) is 30.5 Å². The van der Waals surface area contributed by atoms with Crippen LogP contribution in [-0.4, -0.2) is 21.9 Å². The van der Waals surface area contributed by atoms with E-state index in [1.807, 2.05) is 0 Å². The molecule has 2 atom stereocenters. The molecule has 1 aromatic heterocycles. The lowest BCUT2D eigenvalue weighted by atomic mass is 10.2. The van der Waals surface area contributed by atoms with E-state index < -0.39 is 0 Å². The fourth-order valence-corrected chi connectivity index (χ4v) is 2.15. The normalized spacial score (nSPS) is 24.4. The van der Waals surface area contributed by atoms with Gasteiger partial charge in [0.05, 0.1) is 5.69 Å². The van der Waals surface area contributed by atoms with E-state index in [4.69, 9.17) is 15.7 Å². The molecule has 1 fully saturated rings. The Balaban J connectivity index is 2.24. The smallest absolute Gasteiger partial charge is 0.230 e. The first-order chi connectivity index (χ1) is 7.63. The molecule has 0 spiro atoms. The van der Waals surface area contributed by atoms with Crippen molar-refractivity contribution in [2.75, 3.05) is 0 Å². The molecule has 0 aromatic carbocycles. The second-order valence-electron chi connectivity index (χ2n) is 4.25. The molecule has 0 saturated heterocycles. The zero-order valence-corrected chi connectivity index (χ0v) is 9.60. The Kier molecular flexibility index (Phi) is 2.84. The van der Waals surface area contributed by atoms with E-state index >= 15 is 0 Å². The van der Waals surface area contributed by atoms with E-state index in [1.165, 1.54) is 0 Å². The van der Waals surface area contributed by atoms with Crippen LogP contribution in [0.5, 0.6) is 5.88 Å². The number of hydrogen-bond acceptors (Lipinski definition) is 4. The Labute approximate surface area is 94.8 Å². The first-order valence-corrected chi connectivity index (χ1v) is 5.49. The fraction of sp³-hybridized carbons (Fsp3) is 0.636. The third-order valence-corrected chi connectivity index (χ3v) is 3.05. The minimum Gasteiger partial charge on any atom is -0.472 e. The zero-order valence-electron chi connectivity index (χ0n) is 9.60. The van der Waals surface area contributed by atoms with Gasteiger partial charge in [-0.3, -0.25) is 0 Å². The van der Waals surface area contributed by atoms with E-state index in [2.05, 4.69) is 11.2 Å². The Morgan fingerprint density at radius 1 is 1.56 bits per heavy atom. The molecule has 5 nitrogen and oxygen atoms in total. The van der Waals surface area contributed by atoms with Gasteiger partial charge in [0.2, 0.25) is 5.88 Å². The maximum atomic E-state index is 9.04. The van der Waals surface area contributed by atoms with Gasteiger partial charge in [-0.15, -0.1) is 0 Å². The van der Waals surface area contributed by atoms with Crippen LogP contribution < -0.4 is 10.5 Å². The van der Waals surface area contributed by atoms with Gasteiger partial charge in [-0.25, -0.2) is 4.68 Å². The van der Waals surface area contributed by atoms with Gasteiger partial charge >= 0.3 is 0 Å². The highest BCUT2D eigenvalue weighted by molar-refractivity contribution is 5.42. The predicted molar refractivity (Wildman–Crippen MR) is 58.9 cm³/mol. The van der Waals surface area contributed by atoms with Gasteiger partial charge in [0.1, 0.15) is 17.7 Å². The number of aromatic nitrogens is 2. The topological polar surface area (TPSA) is 76.9 Å². The van der Waals surface area contributed by atoms with Crippen LogP contribution >= 0.6 is 0 Å². The SMILES string of the molecule is Cc1nn(C)c(OC2CCCC2N)c1C#N. The Hall–Kier alpha value is -1.54. The van der Waals surface area contributed by atoms with Crippen molar-refractivity contribution in [3.63, 3.8) is 0 Å². The highest BCUT2D eigenvalue weighted by Gasteiger charge is 2.28. The molecule has 2 unspecified atom stereocenters. The van der Waals surface area contributed by atoms with Crippen molar-refractivity contribution in [2.24, 2.45) is 12.8 Å². The molecule has 86 valence electrons. The molecular formula is C11H16N4O. The number of ether oxygens (including phenoxy) is 1. The maximum absolute atomic E-state index is 9.04. The summed E-state index contributed by atoms with van der Waals surface area (Å²) in [7, 11) is 1.78. The standard InChI is InChI=1S/C11H16N4O/c1-7-8(6-12)11(15(2)14-7)16-10-5-3-4-9(10)13/h9-10H,3-5,13H2,1-2H3. The number of nitrogens with two attached hydrogens (primary N) is 1. The van der Waals surface area contributed by atoms with Crippen LogP contribution in [0.15, 0.2) is 0 Å². The molecule has 1 aliphatic carbocycles. The molecule has 2 N–H and O–H groups in total. The maximum Gasteiger partial charge on any atom is 0.230 e. The lowest BCUT2D eigenvalue weighted by Crippen LogP contribution is -2.34. The van der Waals surface area contributed by atoms with Gasteiger partial charge in [0.25, 0.3) is 0 Å². The fourth-order valence-electron chi connectivity index (χ4n) is 2.15. The Morgan fingerprint density at radius 3 is 2.88 bits per heavy atom. The highest BCUT2D eigenvalue weighted by atomic mass is 16.5. The quantitative estimate of drug-likeness (QED) is 0.801. The molecule has 2 rings (SSSR count). The van der Waals surface area contributed by atoms with E-state index in [1.54, 1.807) is 18.7 Å². The molecule has 1 saturated carbocycles. The average Bonchev–Trinajstić information content (AvgIpc) is 2.74. The van der Waals surface area contributed by atoms with Crippen molar-refractivity contribution in [1.82, 2.24) is 9.78 Å². The van der Waals surface area contributed by atoms with Gasteiger partial charge in [0, 0.05) is 13.1 Å². The van der Waals surface area contributed by atoms with Gasteiger partial charge in [-0.2, -0.15) is 10.4 Å². The average molecular weight is 220 g/mol. The van der Waals surface area contributed by atoms with Crippen molar-refractivity contribution in [3.8, 4) is 11.9 Å². The minimum absolute atomic E-state index is 0.0156. The zero-order chi connectivity index (χ0) is 11.7. The summed E-state index contributed by atoms with van der Waals surface area (Å²) >= 11 is 0. The van der Waals surface area contributed by atoms with Gasteiger partial charge < -0.3 is 10.5 Å². The number of rotatable bonds is 2. The summed E-state index contributed by atoms with van der Waals surface area (Å²) in [6.07, 6.45) is 3.05. The lowest BCUT2D eigenvalue weighted by Gasteiger charge is -2.17. The second kappa shape index (κ2) is 4.14. The van der Waals surface area contributed by atoms with Crippen molar-refractivity contribution in [3.05, 3.63) is 11.3 Å². The van der Waals surface area contributed by atoms with Crippen LogP contribution in [0.2, 0.25) is 0 Å². The largest absolute Gasteiger partial charge is 0.472 e. The van der Waals surface area contributed by atoms with Crippen LogP contribution in [0.4, 0.5) is 0 Å². The summed E-state index contributed by atoms with van der Waals surface area (Å²) in [6, 6.07) is 2.20. The summed E-state index contributed by atoms with van der Waals surface area (Å²) in [5.74, 6) is 0.544. The van der Waals surface area contributed by atoms with Crippen molar-refractivity contribution in [1.29, 1.82) is 5.26 Å². The molecule has 1 heterocycles. The number of aryl methyl sites for hydroxylation is 2. The number of nitriles is 1.